The number of rotatable bonds is 6. The first-order valence-electron chi connectivity index (χ1n) is 7.12. The van der Waals surface area contributed by atoms with Crippen molar-refractivity contribution in [1.82, 2.24) is 4.90 Å². The van der Waals surface area contributed by atoms with E-state index in [4.69, 9.17) is 9.15 Å². The highest BCUT2D eigenvalue weighted by Gasteiger charge is 2.39. The highest BCUT2D eigenvalue weighted by atomic mass is 16.5. The molecule has 2 aliphatic rings. The van der Waals surface area contributed by atoms with E-state index in [1.165, 1.54) is 12.8 Å². The van der Waals surface area contributed by atoms with Gasteiger partial charge in [-0.05, 0) is 37.8 Å². The van der Waals surface area contributed by atoms with Crippen LogP contribution in [0.2, 0.25) is 0 Å². The molecule has 2 fully saturated rings. The van der Waals surface area contributed by atoms with Crippen LogP contribution < -0.4 is 0 Å². The smallest absolute Gasteiger partial charge is 0.127 e. The lowest BCUT2D eigenvalue weighted by Gasteiger charge is -2.36. The maximum absolute atomic E-state index is 11.6. The molecule has 1 aromatic rings. The molecule has 0 N–H and O–H groups in total. The van der Waals surface area contributed by atoms with E-state index in [2.05, 4.69) is 4.90 Å². The normalized spacial score (nSPS) is 22.6. The number of ether oxygens (including phenoxy) is 1. The fourth-order valence-electron chi connectivity index (χ4n) is 2.85. The van der Waals surface area contributed by atoms with Gasteiger partial charge in [-0.15, -0.1) is 0 Å². The first-order valence-corrected chi connectivity index (χ1v) is 7.12. The summed E-state index contributed by atoms with van der Waals surface area (Å²) in [5.41, 5.74) is -0.215. The summed E-state index contributed by atoms with van der Waals surface area (Å²) in [6, 6.07) is 4.56. The number of nitrogens with zero attached hydrogens (tertiary/aromatic N) is 1. The van der Waals surface area contributed by atoms with Crippen LogP contribution in [-0.2, 0) is 16.1 Å². The third kappa shape index (κ3) is 3.07. The minimum Gasteiger partial charge on any atom is -0.468 e. The predicted molar refractivity (Wildman–Crippen MR) is 70.7 cm³/mol. The molecule has 1 aliphatic heterocycles. The molecule has 4 nitrogen and oxygen atoms in total. The van der Waals surface area contributed by atoms with Gasteiger partial charge in [-0.2, -0.15) is 0 Å². The van der Waals surface area contributed by atoms with Crippen LogP contribution in [0.1, 0.15) is 31.4 Å². The lowest BCUT2D eigenvalue weighted by atomic mass is 9.81. The summed E-state index contributed by atoms with van der Waals surface area (Å²) in [7, 11) is 0. The van der Waals surface area contributed by atoms with Gasteiger partial charge in [0.1, 0.15) is 12.0 Å². The van der Waals surface area contributed by atoms with Gasteiger partial charge in [0.25, 0.3) is 0 Å². The molecule has 1 aliphatic carbocycles. The third-order valence-electron chi connectivity index (χ3n) is 4.26. The maximum Gasteiger partial charge on any atom is 0.127 e. The first kappa shape index (κ1) is 12.9. The molecule has 4 heteroatoms. The third-order valence-corrected chi connectivity index (χ3v) is 4.26. The Kier molecular flexibility index (Phi) is 3.71. The van der Waals surface area contributed by atoms with E-state index in [1.807, 2.05) is 12.1 Å². The Morgan fingerprint density at radius 3 is 2.74 bits per heavy atom. The molecule has 1 aromatic heterocycles. The Morgan fingerprint density at radius 2 is 2.16 bits per heavy atom. The number of carbonyl (C=O) groups is 1. The number of hydrogen-bond donors (Lipinski definition) is 0. The minimum atomic E-state index is -0.215. The topological polar surface area (TPSA) is 42.7 Å². The molecular weight excluding hydrogens is 242 g/mol. The van der Waals surface area contributed by atoms with Gasteiger partial charge in [-0.3, -0.25) is 4.90 Å². The van der Waals surface area contributed by atoms with Gasteiger partial charge in [0.05, 0.1) is 12.8 Å². The molecule has 0 atom stereocenters. The first-order chi connectivity index (χ1) is 9.31. The van der Waals surface area contributed by atoms with Crippen molar-refractivity contribution in [3.8, 4) is 0 Å². The van der Waals surface area contributed by atoms with Crippen LogP contribution in [0.15, 0.2) is 22.8 Å². The second-order valence-electron chi connectivity index (χ2n) is 5.81. The Morgan fingerprint density at radius 1 is 1.37 bits per heavy atom. The van der Waals surface area contributed by atoms with Crippen LogP contribution in [0.25, 0.3) is 0 Å². The molecule has 0 aromatic carbocycles. The van der Waals surface area contributed by atoms with Crippen molar-refractivity contribution >= 4 is 6.29 Å². The summed E-state index contributed by atoms with van der Waals surface area (Å²) < 4.78 is 10.8. The lowest BCUT2D eigenvalue weighted by Crippen LogP contribution is -2.43. The Balaban J connectivity index is 1.68. The Hall–Kier alpha value is -1.13. The summed E-state index contributed by atoms with van der Waals surface area (Å²) in [5, 5.41) is 0. The Bertz CT molecular complexity index is 405. The second-order valence-corrected chi connectivity index (χ2v) is 5.81. The van der Waals surface area contributed by atoms with Crippen LogP contribution in [0.3, 0.4) is 0 Å². The zero-order valence-corrected chi connectivity index (χ0v) is 11.2. The maximum atomic E-state index is 11.6. The highest BCUT2D eigenvalue weighted by molar-refractivity contribution is 5.60. The summed E-state index contributed by atoms with van der Waals surface area (Å²) in [6.45, 7) is 3.06. The van der Waals surface area contributed by atoms with E-state index in [0.717, 1.165) is 38.0 Å². The molecule has 1 saturated heterocycles. The summed E-state index contributed by atoms with van der Waals surface area (Å²) in [5.74, 6) is 0.986. The molecule has 0 unspecified atom stereocenters. The zero-order chi connectivity index (χ0) is 13.1. The minimum absolute atomic E-state index is 0.215. The quantitative estimate of drug-likeness (QED) is 0.738. The van der Waals surface area contributed by atoms with Gasteiger partial charge < -0.3 is 13.9 Å². The number of aldehydes is 1. The second kappa shape index (κ2) is 5.47. The van der Waals surface area contributed by atoms with E-state index < -0.39 is 0 Å². The van der Waals surface area contributed by atoms with Crippen LogP contribution in [-0.4, -0.2) is 37.0 Å². The van der Waals surface area contributed by atoms with Crippen LogP contribution in [0.5, 0.6) is 0 Å². The van der Waals surface area contributed by atoms with Crippen molar-refractivity contribution in [2.24, 2.45) is 5.41 Å². The van der Waals surface area contributed by atoms with E-state index in [-0.39, 0.29) is 5.41 Å². The molecular formula is C15H21NO3. The van der Waals surface area contributed by atoms with E-state index in [9.17, 15) is 4.79 Å². The van der Waals surface area contributed by atoms with Crippen molar-refractivity contribution in [1.29, 1.82) is 0 Å². The molecule has 0 radical (unpaired) electrons. The van der Waals surface area contributed by atoms with Gasteiger partial charge in [0.2, 0.25) is 0 Å². The summed E-state index contributed by atoms with van der Waals surface area (Å²) in [4.78, 5) is 14.0. The largest absolute Gasteiger partial charge is 0.468 e. The van der Waals surface area contributed by atoms with Gasteiger partial charge in [0.15, 0.2) is 0 Å². The standard InChI is InChI=1S/C15H21NO3/c17-12-15(5-8-18-9-6-15)11-16(13-3-4-13)10-14-2-1-7-19-14/h1-2,7,12-13H,3-6,8-11H2. The van der Waals surface area contributed by atoms with Crippen molar-refractivity contribution < 1.29 is 13.9 Å². The van der Waals surface area contributed by atoms with Gasteiger partial charge in [-0.25, -0.2) is 0 Å². The van der Waals surface area contributed by atoms with Crippen molar-refractivity contribution in [2.75, 3.05) is 19.8 Å². The monoisotopic (exact) mass is 263 g/mol. The average Bonchev–Trinajstić information content (AvgIpc) is 3.18. The number of carbonyl (C=O) groups excluding carboxylic acids is 1. The van der Waals surface area contributed by atoms with Gasteiger partial charge in [-0.1, -0.05) is 0 Å². The van der Waals surface area contributed by atoms with Crippen molar-refractivity contribution in [3.05, 3.63) is 24.2 Å². The molecule has 3 rings (SSSR count). The van der Waals surface area contributed by atoms with Crippen molar-refractivity contribution in [3.63, 3.8) is 0 Å². The average molecular weight is 263 g/mol. The van der Waals surface area contributed by atoms with E-state index >= 15 is 0 Å². The molecule has 2 heterocycles. The van der Waals surface area contributed by atoms with Crippen LogP contribution in [0, 0.1) is 5.41 Å². The SMILES string of the molecule is O=CC1(CN(Cc2ccco2)C2CC2)CCOCC1. The molecule has 0 bridgehead atoms. The molecule has 0 amide bonds. The highest BCUT2D eigenvalue weighted by Crippen LogP contribution is 2.35. The predicted octanol–water partition coefficient (Wildman–Crippen LogP) is 2.24. The fourth-order valence-corrected chi connectivity index (χ4v) is 2.85. The molecule has 104 valence electrons. The number of hydrogen-bond acceptors (Lipinski definition) is 4. The zero-order valence-electron chi connectivity index (χ0n) is 11.2. The summed E-state index contributed by atoms with van der Waals surface area (Å²) >= 11 is 0. The molecule has 0 spiro atoms. The Labute approximate surface area is 113 Å². The summed E-state index contributed by atoms with van der Waals surface area (Å²) in [6.07, 6.45) is 7.05. The van der Waals surface area contributed by atoms with Gasteiger partial charge >= 0.3 is 0 Å². The molecule has 19 heavy (non-hydrogen) atoms. The van der Waals surface area contributed by atoms with Gasteiger partial charge in [0, 0.05) is 31.2 Å². The van der Waals surface area contributed by atoms with Crippen LogP contribution in [0.4, 0.5) is 0 Å². The number of furan rings is 1. The molecule has 1 saturated carbocycles. The van der Waals surface area contributed by atoms with E-state index in [0.29, 0.717) is 19.3 Å². The van der Waals surface area contributed by atoms with Crippen LogP contribution >= 0.6 is 0 Å². The van der Waals surface area contributed by atoms with E-state index in [1.54, 1.807) is 6.26 Å². The van der Waals surface area contributed by atoms with Crippen molar-refractivity contribution in [2.45, 2.75) is 38.3 Å². The fraction of sp³-hybridized carbons (Fsp3) is 0.667. The lowest BCUT2D eigenvalue weighted by molar-refractivity contribution is -0.123.